The van der Waals surface area contributed by atoms with E-state index in [-0.39, 0.29) is 11.0 Å². The van der Waals surface area contributed by atoms with Crippen molar-refractivity contribution in [3.05, 3.63) is 18.0 Å². The highest BCUT2D eigenvalue weighted by Gasteiger charge is 2.32. The molecule has 3 heterocycles. The van der Waals surface area contributed by atoms with Crippen LogP contribution in [0.2, 0.25) is 0 Å². The van der Waals surface area contributed by atoms with Gasteiger partial charge in [-0.1, -0.05) is 19.8 Å². The van der Waals surface area contributed by atoms with Gasteiger partial charge < -0.3 is 8.83 Å². The van der Waals surface area contributed by atoms with Crippen molar-refractivity contribution in [2.24, 2.45) is 5.92 Å². The summed E-state index contributed by atoms with van der Waals surface area (Å²) in [6.45, 7) is 3.14. The molecule has 0 bridgehead atoms. The van der Waals surface area contributed by atoms with E-state index in [9.17, 15) is 8.42 Å². The van der Waals surface area contributed by atoms with Crippen LogP contribution in [-0.2, 0) is 10.0 Å². The van der Waals surface area contributed by atoms with Crippen molar-refractivity contribution in [1.82, 2.24) is 14.5 Å². The minimum Gasteiger partial charge on any atom is -0.438 e. The maximum atomic E-state index is 12.8. The number of furan rings is 1. The minimum absolute atomic E-state index is 0.0581. The lowest BCUT2D eigenvalue weighted by molar-refractivity contribution is 0.275. The second-order valence-corrected chi connectivity index (χ2v) is 9.02. The summed E-state index contributed by atoms with van der Waals surface area (Å²) in [6, 6.07) is 3.07. The van der Waals surface area contributed by atoms with Crippen molar-refractivity contribution in [1.29, 1.82) is 0 Å². The van der Waals surface area contributed by atoms with E-state index in [0.29, 0.717) is 36.6 Å². The smallest absolute Gasteiger partial charge is 0.283 e. The Morgan fingerprint density at radius 2 is 1.88 bits per heavy atom. The van der Waals surface area contributed by atoms with Gasteiger partial charge in [-0.15, -0.1) is 10.2 Å². The summed E-state index contributed by atoms with van der Waals surface area (Å²) in [5, 5.41) is 8.08. The fourth-order valence-corrected chi connectivity index (χ4v) is 5.25. The average Bonchev–Trinajstić information content (AvgIpc) is 3.33. The standard InChI is InChI=1S/C17H23N3O4S/c1-12-5-4-10-20(11-12)25(21,22)15-9-8-14(23-15)17-19-18-16(24-17)13-6-2-3-7-13/h8-9,12-13H,2-7,10-11H2,1H3. The Morgan fingerprint density at radius 3 is 2.64 bits per heavy atom. The largest absolute Gasteiger partial charge is 0.438 e. The van der Waals surface area contributed by atoms with Crippen LogP contribution in [0, 0.1) is 5.92 Å². The molecule has 0 amide bonds. The monoisotopic (exact) mass is 365 g/mol. The van der Waals surface area contributed by atoms with Crippen LogP contribution in [0.3, 0.4) is 0 Å². The number of hydrogen-bond acceptors (Lipinski definition) is 6. The average molecular weight is 365 g/mol. The summed E-state index contributed by atoms with van der Waals surface area (Å²) in [7, 11) is -3.61. The van der Waals surface area contributed by atoms with Crippen LogP contribution in [0.5, 0.6) is 0 Å². The molecule has 0 aromatic carbocycles. The van der Waals surface area contributed by atoms with Crippen molar-refractivity contribution in [2.75, 3.05) is 13.1 Å². The van der Waals surface area contributed by atoms with Crippen LogP contribution >= 0.6 is 0 Å². The third-order valence-electron chi connectivity index (χ3n) is 5.15. The van der Waals surface area contributed by atoms with Crippen molar-refractivity contribution >= 4 is 10.0 Å². The Morgan fingerprint density at radius 1 is 1.08 bits per heavy atom. The molecule has 1 aliphatic heterocycles. The SMILES string of the molecule is CC1CCCN(S(=O)(=O)c2ccc(-c3nnc(C4CCCC4)o3)o2)C1. The number of sulfonamides is 1. The molecule has 1 aliphatic carbocycles. The number of piperidine rings is 1. The minimum atomic E-state index is -3.61. The highest BCUT2D eigenvalue weighted by atomic mass is 32.2. The number of nitrogens with zero attached hydrogens (tertiary/aromatic N) is 3. The van der Waals surface area contributed by atoms with Crippen LogP contribution in [-0.4, -0.2) is 36.0 Å². The van der Waals surface area contributed by atoms with Crippen LogP contribution in [0.25, 0.3) is 11.7 Å². The van der Waals surface area contributed by atoms with E-state index in [2.05, 4.69) is 17.1 Å². The van der Waals surface area contributed by atoms with E-state index in [1.54, 1.807) is 6.07 Å². The zero-order chi connectivity index (χ0) is 17.4. The van der Waals surface area contributed by atoms with Gasteiger partial charge in [0.1, 0.15) is 0 Å². The van der Waals surface area contributed by atoms with Crippen LogP contribution in [0.1, 0.15) is 57.3 Å². The topological polar surface area (TPSA) is 89.4 Å². The van der Waals surface area contributed by atoms with Crippen LogP contribution in [0.4, 0.5) is 0 Å². The number of rotatable bonds is 4. The molecule has 2 fully saturated rings. The molecular weight excluding hydrogens is 342 g/mol. The molecule has 1 atom stereocenters. The predicted octanol–water partition coefficient (Wildman–Crippen LogP) is 3.41. The van der Waals surface area contributed by atoms with Crippen molar-refractivity contribution < 1.29 is 17.3 Å². The summed E-state index contributed by atoms with van der Waals surface area (Å²) < 4.78 is 38.3. The van der Waals surface area contributed by atoms with E-state index in [1.807, 2.05) is 0 Å². The molecule has 0 N–H and O–H groups in total. The molecule has 1 saturated heterocycles. The first-order valence-electron chi connectivity index (χ1n) is 8.98. The molecule has 25 heavy (non-hydrogen) atoms. The van der Waals surface area contributed by atoms with Gasteiger partial charge in [-0.3, -0.25) is 0 Å². The molecule has 2 aliphatic rings. The van der Waals surface area contributed by atoms with E-state index in [1.165, 1.54) is 23.2 Å². The van der Waals surface area contributed by atoms with Crippen molar-refractivity contribution in [2.45, 2.75) is 56.5 Å². The molecule has 2 aromatic heterocycles. The van der Waals surface area contributed by atoms with Crippen molar-refractivity contribution in [3.63, 3.8) is 0 Å². The highest BCUT2D eigenvalue weighted by molar-refractivity contribution is 7.89. The van der Waals surface area contributed by atoms with Gasteiger partial charge in [0.2, 0.25) is 11.0 Å². The highest BCUT2D eigenvalue weighted by Crippen LogP contribution is 2.35. The Hall–Kier alpha value is -1.67. The van der Waals surface area contributed by atoms with E-state index < -0.39 is 10.0 Å². The van der Waals surface area contributed by atoms with E-state index in [4.69, 9.17) is 8.83 Å². The lowest BCUT2D eigenvalue weighted by Crippen LogP contribution is -2.38. The normalized spacial score (nSPS) is 23.3. The summed E-state index contributed by atoms with van der Waals surface area (Å²) in [6.07, 6.45) is 6.42. The molecule has 4 rings (SSSR count). The van der Waals surface area contributed by atoms with Gasteiger partial charge in [0.25, 0.3) is 15.9 Å². The second kappa shape index (κ2) is 6.57. The lowest BCUT2D eigenvalue weighted by atomic mass is 10.0. The zero-order valence-corrected chi connectivity index (χ0v) is 15.2. The predicted molar refractivity (Wildman–Crippen MR) is 90.4 cm³/mol. The summed E-state index contributed by atoms with van der Waals surface area (Å²) in [5.41, 5.74) is 0. The van der Waals surface area contributed by atoms with Gasteiger partial charge in [0, 0.05) is 19.0 Å². The summed E-state index contributed by atoms with van der Waals surface area (Å²) >= 11 is 0. The molecule has 7 nitrogen and oxygen atoms in total. The van der Waals surface area contributed by atoms with Gasteiger partial charge in [-0.05, 0) is 43.7 Å². The van der Waals surface area contributed by atoms with Gasteiger partial charge in [-0.2, -0.15) is 4.31 Å². The molecule has 2 aromatic rings. The fraction of sp³-hybridized carbons (Fsp3) is 0.647. The molecule has 136 valence electrons. The van der Waals surface area contributed by atoms with Gasteiger partial charge in [-0.25, -0.2) is 8.42 Å². The maximum Gasteiger partial charge on any atom is 0.283 e. The number of aromatic nitrogens is 2. The van der Waals surface area contributed by atoms with E-state index in [0.717, 1.165) is 25.7 Å². The molecule has 0 radical (unpaired) electrons. The molecule has 8 heteroatoms. The van der Waals surface area contributed by atoms with Gasteiger partial charge in [0.15, 0.2) is 5.76 Å². The fourth-order valence-electron chi connectivity index (χ4n) is 3.74. The first kappa shape index (κ1) is 16.8. The van der Waals surface area contributed by atoms with Crippen molar-refractivity contribution in [3.8, 4) is 11.7 Å². The zero-order valence-electron chi connectivity index (χ0n) is 14.3. The van der Waals surface area contributed by atoms with Crippen LogP contribution in [0.15, 0.2) is 26.1 Å². The Labute approximate surface area is 147 Å². The second-order valence-electron chi connectivity index (χ2n) is 7.16. The van der Waals surface area contributed by atoms with Crippen LogP contribution < -0.4 is 0 Å². The van der Waals surface area contributed by atoms with Gasteiger partial charge >= 0.3 is 0 Å². The Balaban J connectivity index is 1.55. The first-order chi connectivity index (χ1) is 12.0. The van der Waals surface area contributed by atoms with E-state index >= 15 is 0 Å². The first-order valence-corrected chi connectivity index (χ1v) is 10.4. The molecule has 1 unspecified atom stereocenters. The number of hydrogen-bond donors (Lipinski definition) is 0. The third-order valence-corrected chi connectivity index (χ3v) is 6.89. The van der Waals surface area contributed by atoms with Gasteiger partial charge in [0.05, 0.1) is 0 Å². The summed E-state index contributed by atoms with van der Waals surface area (Å²) in [4.78, 5) is 0. The summed E-state index contributed by atoms with van der Waals surface area (Å²) in [5.74, 6) is 1.85. The lowest BCUT2D eigenvalue weighted by Gasteiger charge is -2.29. The maximum absolute atomic E-state index is 12.8. The third kappa shape index (κ3) is 3.25. The molecule has 0 spiro atoms. The quantitative estimate of drug-likeness (QED) is 0.825. The molecular formula is C17H23N3O4S. The Bertz CT molecular complexity index is 836. The molecule has 1 saturated carbocycles. The Kier molecular flexibility index (Phi) is 4.41.